The fourth-order valence-electron chi connectivity index (χ4n) is 2.28. The molecule has 1 heterocycles. The molecule has 4 heteroatoms. The molecule has 0 aliphatic carbocycles. The molecule has 0 spiro atoms. The second-order valence-corrected chi connectivity index (χ2v) is 4.96. The molecule has 0 saturated carbocycles. The minimum Gasteiger partial charge on any atom is -0.490 e. The Bertz CT molecular complexity index is 403. The van der Waals surface area contributed by atoms with E-state index in [1.165, 1.54) is 0 Å². The van der Waals surface area contributed by atoms with Crippen LogP contribution in [-0.4, -0.2) is 32.5 Å². The molecule has 1 saturated heterocycles. The molecule has 1 atom stereocenters. The highest BCUT2D eigenvalue weighted by molar-refractivity contribution is 5.46. The van der Waals surface area contributed by atoms with Gasteiger partial charge in [-0.15, -0.1) is 0 Å². The van der Waals surface area contributed by atoms with Crippen molar-refractivity contribution in [2.75, 3.05) is 26.4 Å². The maximum absolute atomic E-state index is 6.13. The molecule has 2 rings (SSSR count). The third kappa shape index (κ3) is 4.12. The predicted molar refractivity (Wildman–Crippen MR) is 79.5 cm³/mol. The largest absolute Gasteiger partial charge is 0.490 e. The lowest BCUT2D eigenvalue weighted by atomic mass is 10.1. The zero-order valence-corrected chi connectivity index (χ0v) is 12.5. The van der Waals surface area contributed by atoms with Crippen LogP contribution < -0.4 is 14.8 Å². The molecule has 0 bridgehead atoms. The number of rotatable bonds is 8. The van der Waals surface area contributed by atoms with E-state index < -0.39 is 0 Å². The molecule has 112 valence electrons. The molecular formula is C16H25NO3. The van der Waals surface area contributed by atoms with E-state index in [1.807, 2.05) is 19.1 Å². The van der Waals surface area contributed by atoms with Crippen LogP contribution in [0.3, 0.4) is 0 Å². The van der Waals surface area contributed by atoms with Crippen LogP contribution >= 0.6 is 0 Å². The average molecular weight is 279 g/mol. The van der Waals surface area contributed by atoms with Gasteiger partial charge in [0.1, 0.15) is 6.10 Å². The van der Waals surface area contributed by atoms with Crippen molar-refractivity contribution in [3.8, 4) is 11.5 Å². The Balaban J connectivity index is 2.12. The van der Waals surface area contributed by atoms with Crippen molar-refractivity contribution >= 4 is 0 Å². The van der Waals surface area contributed by atoms with Gasteiger partial charge in [0.15, 0.2) is 11.5 Å². The Hall–Kier alpha value is -1.26. The van der Waals surface area contributed by atoms with Crippen LogP contribution in [0.4, 0.5) is 0 Å². The summed E-state index contributed by atoms with van der Waals surface area (Å²) >= 11 is 0. The van der Waals surface area contributed by atoms with Gasteiger partial charge in [-0.3, -0.25) is 0 Å². The monoisotopic (exact) mass is 279 g/mol. The van der Waals surface area contributed by atoms with Crippen molar-refractivity contribution < 1.29 is 14.2 Å². The molecule has 0 aromatic heterocycles. The van der Waals surface area contributed by atoms with Crippen LogP contribution in [-0.2, 0) is 11.3 Å². The smallest absolute Gasteiger partial charge is 0.166 e. The summed E-state index contributed by atoms with van der Waals surface area (Å²) in [5.41, 5.74) is 1.15. The Kier molecular flexibility index (Phi) is 6.15. The summed E-state index contributed by atoms with van der Waals surface area (Å²) in [6.45, 7) is 8.06. The molecule has 4 nitrogen and oxygen atoms in total. The fourth-order valence-corrected chi connectivity index (χ4v) is 2.28. The molecule has 0 amide bonds. The molecule has 1 unspecified atom stereocenters. The summed E-state index contributed by atoms with van der Waals surface area (Å²) < 4.78 is 17.2. The van der Waals surface area contributed by atoms with Crippen LogP contribution in [0, 0.1) is 0 Å². The highest BCUT2D eigenvalue weighted by Crippen LogP contribution is 2.33. The average Bonchev–Trinajstić information content (AvgIpc) is 2.95. The highest BCUT2D eigenvalue weighted by atomic mass is 16.6. The van der Waals surface area contributed by atoms with Gasteiger partial charge in [-0.05, 0) is 26.0 Å². The zero-order chi connectivity index (χ0) is 14.2. The molecule has 1 aliphatic heterocycles. The first kappa shape index (κ1) is 15.1. The van der Waals surface area contributed by atoms with Gasteiger partial charge in [0.25, 0.3) is 0 Å². The lowest BCUT2D eigenvalue weighted by molar-refractivity contribution is 0.137. The van der Waals surface area contributed by atoms with Gasteiger partial charge in [-0.2, -0.15) is 0 Å². The van der Waals surface area contributed by atoms with Crippen molar-refractivity contribution in [3.05, 3.63) is 23.8 Å². The molecule has 1 aromatic carbocycles. The predicted octanol–water partition coefficient (Wildman–Crippen LogP) is 2.75. The summed E-state index contributed by atoms with van der Waals surface area (Å²) in [5.74, 6) is 1.70. The van der Waals surface area contributed by atoms with E-state index in [0.29, 0.717) is 13.2 Å². The van der Waals surface area contributed by atoms with E-state index in [9.17, 15) is 0 Å². The molecule has 1 fully saturated rings. The Morgan fingerprint density at radius 2 is 2.25 bits per heavy atom. The van der Waals surface area contributed by atoms with Gasteiger partial charge >= 0.3 is 0 Å². The number of benzene rings is 1. The van der Waals surface area contributed by atoms with Gasteiger partial charge in [0.05, 0.1) is 19.8 Å². The van der Waals surface area contributed by atoms with Crippen LogP contribution in [0.15, 0.2) is 18.2 Å². The van der Waals surface area contributed by atoms with Gasteiger partial charge in [-0.25, -0.2) is 0 Å². The molecule has 1 N–H and O–H groups in total. The Labute approximate surface area is 121 Å². The number of ether oxygens (including phenoxy) is 3. The van der Waals surface area contributed by atoms with Crippen molar-refractivity contribution in [1.29, 1.82) is 0 Å². The Morgan fingerprint density at radius 1 is 1.35 bits per heavy atom. The molecule has 20 heavy (non-hydrogen) atoms. The summed E-state index contributed by atoms with van der Waals surface area (Å²) in [7, 11) is 0. The first-order valence-corrected chi connectivity index (χ1v) is 7.55. The summed E-state index contributed by atoms with van der Waals surface area (Å²) in [4.78, 5) is 0. The second kappa shape index (κ2) is 8.12. The highest BCUT2D eigenvalue weighted by Gasteiger charge is 2.21. The normalized spacial score (nSPS) is 18.2. The first-order chi connectivity index (χ1) is 9.85. The molecule has 1 aliphatic rings. The molecule has 1 aromatic rings. The first-order valence-electron chi connectivity index (χ1n) is 7.55. The number of hydrogen-bond donors (Lipinski definition) is 1. The molecular weight excluding hydrogens is 254 g/mol. The third-order valence-electron chi connectivity index (χ3n) is 3.27. The number of hydrogen-bond acceptors (Lipinski definition) is 4. The maximum atomic E-state index is 6.13. The van der Waals surface area contributed by atoms with E-state index >= 15 is 0 Å². The van der Waals surface area contributed by atoms with E-state index in [2.05, 4.69) is 18.3 Å². The second-order valence-electron chi connectivity index (χ2n) is 4.96. The third-order valence-corrected chi connectivity index (χ3v) is 3.27. The van der Waals surface area contributed by atoms with Crippen LogP contribution in [0.25, 0.3) is 0 Å². The maximum Gasteiger partial charge on any atom is 0.166 e. The molecule has 0 radical (unpaired) electrons. The van der Waals surface area contributed by atoms with Crippen molar-refractivity contribution in [2.45, 2.75) is 39.3 Å². The SMILES string of the molecule is CCCNCc1cccc(OCC)c1OC1CCOC1. The quantitative estimate of drug-likeness (QED) is 0.743. The van der Waals surface area contributed by atoms with Crippen LogP contribution in [0.5, 0.6) is 11.5 Å². The Morgan fingerprint density at radius 3 is 2.95 bits per heavy atom. The number of para-hydroxylation sites is 1. The number of nitrogens with one attached hydrogen (secondary N) is 1. The minimum absolute atomic E-state index is 0.140. The van der Waals surface area contributed by atoms with E-state index in [0.717, 1.165) is 49.6 Å². The van der Waals surface area contributed by atoms with Crippen molar-refractivity contribution in [2.24, 2.45) is 0 Å². The lowest BCUT2D eigenvalue weighted by Gasteiger charge is -2.19. The van der Waals surface area contributed by atoms with Crippen LogP contribution in [0.2, 0.25) is 0 Å². The summed E-state index contributed by atoms with van der Waals surface area (Å²) in [5, 5.41) is 3.42. The van der Waals surface area contributed by atoms with Crippen molar-refractivity contribution in [1.82, 2.24) is 5.32 Å². The lowest BCUT2D eigenvalue weighted by Crippen LogP contribution is -2.20. The van der Waals surface area contributed by atoms with E-state index in [4.69, 9.17) is 14.2 Å². The van der Waals surface area contributed by atoms with Gasteiger partial charge in [0.2, 0.25) is 0 Å². The van der Waals surface area contributed by atoms with Gasteiger partial charge < -0.3 is 19.5 Å². The summed E-state index contributed by atoms with van der Waals surface area (Å²) in [6, 6.07) is 6.08. The van der Waals surface area contributed by atoms with Crippen LogP contribution in [0.1, 0.15) is 32.3 Å². The minimum atomic E-state index is 0.140. The van der Waals surface area contributed by atoms with Gasteiger partial charge in [0, 0.05) is 18.5 Å². The van der Waals surface area contributed by atoms with E-state index in [-0.39, 0.29) is 6.10 Å². The zero-order valence-electron chi connectivity index (χ0n) is 12.5. The topological polar surface area (TPSA) is 39.7 Å². The van der Waals surface area contributed by atoms with E-state index in [1.54, 1.807) is 0 Å². The standard InChI is InChI=1S/C16H25NO3/c1-3-9-17-11-13-6-5-7-15(19-4-2)16(13)20-14-8-10-18-12-14/h5-7,14,17H,3-4,8-12H2,1-2H3. The summed E-state index contributed by atoms with van der Waals surface area (Å²) in [6.07, 6.45) is 2.21. The van der Waals surface area contributed by atoms with Crippen molar-refractivity contribution in [3.63, 3.8) is 0 Å². The fraction of sp³-hybridized carbons (Fsp3) is 0.625. The van der Waals surface area contributed by atoms with Gasteiger partial charge in [-0.1, -0.05) is 19.1 Å².